The van der Waals surface area contributed by atoms with Gasteiger partial charge >= 0.3 is 0 Å². The van der Waals surface area contributed by atoms with E-state index in [0.717, 1.165) is 16.6 Å². The first kappa shape index (κ1) is 17.5. The molecule has 2 N–H and O–H groups in total. The molecule has 0 aliphatic rings. The molecule has 28 heavy (non-hydrogen) atoms. The van der Waals surface area contributed by atoms with E-state index in [1.165, 1.54) is 0 Å². The number of imidazole rings is 1. The number of nitrogens with one attached hydrogen (secondary N) is 2. The lowest BCUT2D eigenvalue weighted by atomic mass is 10.1. The Morgan fingerprint density at radius 3 is 2.46 bits per heavy atom. The quantitative estimate of drug-likeness (QED) is 0.544. The van der Waals surface area contributed by atoms with Crippen LogP contribution in [0.15, 0.2) is 78.9 Å². The van der Waals surface area contributed by atoms with E-state index in [1.54, 1.807) is 19.2 Å². The number of carbonyl (C=O) groups is 1. The second-order valence-electron chi connectivity index (χ2n) is 6.22. The molecule has 1 amide bonds. The lowest BCUT2D eigenvalue weighted by Gasteiger charge is -2.10. The molecule has 0 unspecified atom stereocenters. The Balaban J connectivity index is 1.78. The van der Waals surface area contributed by atoms with Crippen LogP contribution < -0.4 is 10.1 Å². The van der Waals surface area contributed by atoms with Crippen LogP contribution in [0.1, 0.15) is 21.7 Å². The Bertz CT molecular complexity index is 1110. The molecule has 3 aromatic carbocycles. The van der Waals surface area contributed by atoms with Gasteiger partial charge in [-0.3, -0.25) is 4.79 Å². The zero-order valence-electron chi connectivity index (χ0n) is 15.3. The van der Waals surface area contributed by atoms with Crippen LogP contribution in [0.2, 0.25) is 0 Å². The molecule has 1 heterocycles. The van der Waals surface area contributed by atoms with E-state index in [2.05, 4.69) is 15.3 Å². The zero-order chi connectivity index (χ0) is 19.3. The topological polar surface area (TPSA) is 67.0 Å². The summed E-state index contributed by atoms with van der Waals surface area (Å²) >= 11 is 0. The summed E-state index contributed by atoms with van der Waals surface area (Å²) in [5, 5.41) is 2.98. The van der Waals surface area contributed by atoms with Crippen LogP contribution in [0.4, 0.5) is 0 Å². The summed E-state index contributed by atoms with van der Waals surface area (Å²) in [6.45, 7) is 0. The maximum absolute atomic E-state index is 12.8. The van der Waals surface area contributed by atoms with E-state index < -0.39 is 0 Å². The summed E-state index contributed by atoms with van der Waals surface area (Å²) in [6.07, 6.45) is 1.86. The molecule has 1 aromatic heterocycles. The summed E-state index contributed by atoms with van der Waals surface area (Å²) in [4.78, 5) is 20.7. The van der Waals surface area contributed by atoms with Gasteiger partial charge in [0, 0.05) is 11.1 Å². The van der Waals surface area contributed by atoms with Crippen LogP contribution in [0, 0.1) is 0 Å². The molecule has 5 heteroatoms. The van der Waals surface area contributed by atoms with E-state index >= 15 is 0 Å². The Morgan fingerprint density at radius 1 is 0.964 bits per heavy atom. The second-order valence-corrected chi connectivity index (χ2v) is 6.22. The monoisotopic (exact) mass is 369 g/mol. The molecular weight excluding hydrogens is 350 g/mol. The number of H-pyrrole nitrogens is 1. The molecule has 0 saturated carbocycles. The van der Waals surface area contributed by atoms with Crippen molar-refractivity contribution in [2.24, 2.45) is 0 Å². The Hall–Kier alpha value is -3.86. The molecule has 0 radical (unpaired) electrons. The van der Waals surface area contributed by atoms with E-state index in [9.17, 15) is 4.79 Å². The minimum Gasteiger partial charge on any atom is -0.496 e. The Kier molecular flexibility index (Phi) is 4.89. The van der Waals surface area contributed by atoms with Gasteiger partial charge in [0.25, 0.3) is 5.91 Å². The molecular formula is C23H19N3O2. The highest BCUT2D eigenvalue weighted by Crippen LogP contribution is 2.24. The fourth-order valence-electron chi connectivity index (χ4n) is 2.97. The first-order chi connectivity index (χ1) is 13.7. The molecule has 0 atom stereocenters. The van der Waals surface area contributed by atoms with Crippen molar-refractivity contribution in [2.75, 3.05) is 7.11 Å². The summed E-state index contributed by atoms with van der Waals surface area (Å²) < 4.78 is 5.44. The molecule has 0 aliphatic carbocycles. The summed E-state index contributed by atoms with van der Waals surface area (Å²) in [6, 6.07) is 24.5. The molecule has 0 saturated heterocycles. The number of rotatable bonds is 5. The number of aromatic amines is 1. The third kappa shape index (κ3) is 3.64. The number of amides is 1. The van der Waals surface area contributed by atoms with Crippen molar-refractivity contribution in [3.05, 3.63) is 95.8 Å². The van der Waals surface area contributed by atoms with Gasteiger partial charge in [-0.25, -0.2) is 4.98 Å². The number of methoxy groups -OCH3 is 1. The lowest BCUT2D eigenvalue weighted by molar-refractivity contribution is 0.0973. The molecule has 0 aliphatic heterocycles. The third-order valence-corrected chi connectivity index (χ3v) is 4.37. The van der Waals surface area contributed by atoms with Crippen molar-refractivity contribution in [2.45, 2.75) is 0 Å². The Labute approximate surface area is 162 Å². The van der Waals surface area contributed by atoms with Crippen LogP contribution in [0.5, 0.6) is 5.75 Å². The summed E-state index contributed by atoms with van der Waals surface area (Å²) in [5.41, 5.74) is 3.71. The van der Waals surface area contributed by atoms with Gasteiger partial charge in [0.05, 0.1) is 23.8 Å². The van der Waals surface area contributed by atoms with Gasteiger partial charge in [-0.2, -0.15) is 0 Å². The number of benzene rings is 3. The Morgan fingerprint density at radius 2 is 1.68 bits per heavy atom. The third-order valence-electron chi connectivity index (χ3n) is 4.37. The number of hydrogen-bond acceptors (Lipinski definition) is 3. The lowest BCUT2D eigenvalue weighted by Crippen LogP contribution is -2.22. The molecule has 4 rings (SSSR count). The number of hydrogen-bond donors (Lipinski definition) is 2. The predicted molar refractivity (Wildman–Crippen MR) is 111 cm³/mol. The maximum atomic E-state index is 12.8. The fourth-order valence-corrected chi connectivity index (χ4v) is 2.97. The minimum absolute atomic E-state index is 0.206. The smallest absolute Gasteiger partial charge is 0.255 e. The minimum atomic E-state index is -0.206. The van der Waals surface area contributed by atoms with Gasteiger partial charge in [0.1, 0.15) is 5.75 Å². The highest BCUT2D eigenvalue weighted by molar-refractivity contribution is 6.02. The predicted octanol–water partition coefficient (Wildman–Crippen LogP) is 4.50. The first-order valence-corrected chi connectivity index (χ1v) is 8.91. The maximum Gasteiger partial charge on any atom is 0.255 e. The van der Waals surface area contributed by atoms with Gasteiger partial charge in [-0.15, -0.1) is 0 Å². The largest absolute Gasteiger partial charge is 0.496 e. The first-order valence-electron chi connectivity index (χ1n) is 8.91. The molecule has 138 valence electrons. The van der Waals surface area contributed by atoms with Gasteiger partial charge < -0.3 is 15.0 Å². The zero-order valence-corrected chi connectivity index (χ0v) is 15.3. The number of para-hydroxylation sites is 3. The molecule has 4 aromatic rings. The average Bonchev–Trinajstić information content (AvgIpc) is 3.18. The molecule has 0 fully saturated rings. The van der Waals surface area contributed by atoms with Gasteiger partial charge in [-0.05, 0) is 36.4 Å². The van der Waals surface area contributed by atoms with Crippen molar-refractivity contribution < 1.29 is 9.53 Å². The highest BCUT2D eigenvalue weighted by Gasteiger charge is 2.14. The molecule has 0 bridgehead atoms. The van der Waals surface area contributed by atoms with Crippen LogP contribution >= 0.6 is 0 Å². The fraction of sp³-hybridized carbons (Fsp3) is 0.0435. The van der Waals surface area contributed by atoms with E-state index in [-0.39, 0.29) is 5.91 Å². The SMILES string of the molecule is COc1ccccc1/C=C(\NC(=O)c1ccccc1)c1nc2ccccc2[nH]1. The number of carbonyl (C=O) groups excluding carboxylic acids is 1. The van der Waals surface area contributed by atoms with Gasteiger partial charge in [0.2, 0.25) is 0 Å². The highest BCUT2D eigenvalue weighted by atomic mass is 16.5. The number of nitrogens with zero attached hydrogens (tertiary/aromatic N) is 1. The second kappa shape index (κ2) is 7.80. The van der Waals surface area contributed by atoms with Crippen LogP contribution in [0.25, 0.3) is 22.8 Å². The number of aromatic nitrogens is 2. The van der Waals surface area contributed by atoms with Crippen molar-refractivity contribution in [1.29, 1.82) is 0 Å². The summed E-state index contributed by atoms with van der Waals surface area (Å²) in [5.74, 6) is 1.09. The van der Waals surface area contributed by atoms with Gasteiger partial charge in [0.15, 0.2) is 5.82 Å². The summed E-state index contributed by atoms with van der Waals surface area (Å²) in [7, 11) is 1.62. The van der Waals surface area contributed by atoms with Crippen molar-refractivity contribution in [3.8, 4) is 5.75 Å². The van der Waals surface area contributed by atoms with Crippen LogP contribution in [0.3, 0.4) is 0 Å². The van der Waals surface area contributed by atoms with Crippen molar-refractivity contribution >= 4 is 28.7 Å². The molecule has 5 nitrogen and oxygen atoms in total. The van der Waals surface area contributed by atoms with E-state index in [0.29, 0.717) is 22.8 Å². The molecule has 0 spiro atoms. The average molecular weight is 369 g/mol. The van der Waals surface area contributed by atoms with Crippen molar-refractivity contribution in [3.63, 3.8) is 0 Å². The van der Waals surface area contributed by atoms with Gasteiger partial charge in [-0.1, -0.05) is 48.5 Å². The van der Waals surface area contributed by atoms with Crippen LogP contribution in [-0.4, -0.2) is 23.0 Å². The standard InChI is InChI=1S/C23H19N3O2/c1-28-21-14-8-5-11-17(21)15-20(26-23(27)16-9-3-2-4-10-16)22-24-18-12-6-7-13-19(18)25-22/h2-15H,1H3,(H,24,25)(H,26,27)/b20-15-. The van der Waals surface area contributed by atoms with E-state index in [1.807, 2.05) is 72.8 Å². The van der Waals surface area contributed by atoms with Crippen molar-refractivity contribution in [1.82, 2.24) is 15.3 Å². The normalized spacial score (nSPS) is 11.4. The van der Waals surface area contributed by atoms with E-state index in [4.69, 9.17) is 4.74 Å². The number of ether oxygens (including phenoxy) is 1. The number of fused-ring (bicyclic) bond motifs is 1. The van der Waals surface area contributed by atoms with Crippen LogP contribution in [-0.2, 0) is 0 Å².